The molecule has 2 atom stereocenters. The van der Waals surface area contributed by atoms with Crippen molar-refractivity contribution in [1.29, 1.82) is 0 Å². The molecule has 21 heavy (non-hydrogen) atoms. The Kier molecular flexibility index (Phi) is 5.30. The molecular formula is C15H24F3N3. The highest BCUT2D eigenvalue weighted by Crippen LogP contribution is 2.34. The van der Waals surface area contributed by atoms with Crippen LogP contribution in [0.2, 0.25) is 0 Å². The average molecular weight is 303 g/mol. The van der Waals surface area contributed by atoms with Crippen LogP contribution in [0.5, 0.6) is 0 Å². The number of rotatable bonds is 5. The molecule has 1 aliphatic rings. The smallest absolute Gasteiger partial charge is 0.331 e. The summed E-state index contributed by atoms with van der Waals surface area (Å²) in [5, 5.41) is 3.31. The van der Waals surface area contributed by atoms with E-state index in [4.69, 9.17) is 0 Å². The molecule has 1 N–H and O–H groups in total. The maximum Gasteiger partial charge on any atom is 0.389 e. The lowest BCUT2D eigenvalue weighted by Crippen LogP contribution is -2.40. The minimum Gasteiger partial charge on any atom is -0.331 e. The predicted octanol–water partition coefficient (Wildman–Crippen LogP) is 4.06. The molecule has 6 heteroatoms. The number of nitrogens with one attached hydrogen (secondary N) is 1. The van der Waals surface area contributed by atoms with Crippen LogP contribution in [0.3, 0.4) is 0 Å². The molecule has 0 aromatic carbocycles. The van der Waals surface area contributed by atoms with Crippen molar-refractivity contribution in [1.82, 2.24) is 14.9 Å². The minimum atomic E-state index is -4.07. The van der Waals surface area contributed by atoms with Crippen LogP contribution in [0, 0.1) is 5.92 Å². The Bertz CT molecular complexity index is 440. The molecule has 1 heterocycles. The second-order valence-electron chi connectivity index (χ2n) is 6.20. The molecule has 1 aliphatic carbocycles. The van der Waals surface area contributed by atoms with E-state index in [1.807, 2.05) is 6.20 Å². The van der Waals surface area contributed by atoms with Gasteiger partial charge < -0.3 is 9.88 Å². The van der Waals surface area contributed by atoms with Gasteiger partial charge >= 0.3 is 6.18 Å². The lowest BCUT2D eigenvalue weighted by molar-refractivity contribution is -0.148. The van der Waals surface area contributed by atoms with Crippen LogP contribution in [-0.2, 0) is 6.54 Å². The van der Waals surface area contributed by atoms with Crippen molar-refractivity contribution in [2.24, 2.45) is 5.92 Å². The predicted molar refractivity (Wildman–Crippen MR) is 75.9 cm³/mol. The van der Waals surface area contributed by atoms with E-state index in [2.05, 4.69) is 28.7 Å². The Balaban J connectivity index is 1.94. The van der Waals surface area contributed by atoms with E-state index in [1.54, 1.807) is 6.20 Å². The Morgan fingerprint density at radius 1 is 1.33 bits per heavy atom. The minimum absolute atomic E-state index is 0.0577. The van der Waals surface area contributed by atoms with Gasteiger partial charge in [-0.05, 0) is 32.6 Å². The molecule has 0 spiro atoms. The zero-order valence-corrected chi connectivity index (χ0v) is 12.7. The highest BCUT2D eigenvalue weighted by Gasteiger charge is 2.36. The van der Waals surface area contributed by atoms with Gasteiger partial charge in [0, 0.05) is 30.9 Å². The lowest BCUT2D eigenvalue weighted by atomic mass is 9.82. The van der Waals surface area contributed by atoms with Gasteiger partial charge in [0.2, 0.25) is 0 Å². The van der Waals surface area contributed by atoms with Crippen LogP contribution in [0.1, 0.15) is 57.8 Å². The summed E-state index contributed by atoms with van der Waals surface area (Å²) in [6.45, 7) is 4.67. The third-order valence-electron chi connectivity index (χ3n) is 4.23. The second-order valence-corrected chi connectivity index (χ2v) is 6.20. The molecule has 0 unspecified atom stereocenters. The van der Waals surface area contributed by atoms with Crippen LogP contribution in [0.15, 0.2) is 12.4 Å². The number of hydrogen-bond donors (Lipinski definition) is 1. The molecule has 0 aliphatic heterocycles. The number of aromatic nitrogens is 2. The summed E-state index contributed by atoms with van der Waals surface area (Å²) in [7, 11) is 0. The number of nitrogens with zero attached hydrogens (tertiary/aromatic N) is 2. The van der Waals surface area contributed by atoms with Gasteiger partial charge in [0.25, 0.3) is 0 Å². The molecule has 0 radical (unpaired) electrons. The summed E-state index contributed by atoms with van der Waals surface area (Å²) in [5.74, 6) is 0.586. The Hall–Kier alpha value is -1.04. The maximum absolute atomic E-state index is 12.7. The number of imidazole rings is 1. The second kappa shape index (κ2) is 6.81. The topological polar surface area (TPSA) is 29.9 Å². The molecule has 1 aromatic rings. The fourth-order valence-corrected chi connectivity index (χ4v) is 3.19. The van der Waals surface area contributed by atoms with Gasteiger partial charge in [0.1, 0.15) is 5.82 Å². The first kappa shape index (κ1) is 16.3. The highest BCUT2D eigenvalue weighted by molar-refractivity contribution is 4.95. The monoisotopic (exact) mass is 303 g/mol. The Morgan fingerprint density at radius 2 is 2.05 bits per heavy atom. The number of hydrogen-bond acceptors (Lipinski definition) is 2. The zero-order chi connectivity index (χ0) is 15.5. The van der Waals surface area contributed by atoms with Crippen molar-refractivity contribution < 1.29 is 13.2 Å². The molecule has 0 saturated heterocycles. The van der Waals surface area contributed by atoms with E-state index in [0.29, 0.717) is 19.0 Å². The third-order valence-corrected chi connectivity index (χ3v) is 4.23. The highest BCUT2D eigenvalue weighted by atomic mass is 19.4. The summed E-state index contributed by atoms with van der Waals surface area (Å²) in [6.07, 6.45) is 2.30. The molecule has 1 fully saturated rings. The molecule has 120 valence electrons. The van der Waals surface area contributed by atoms with Crippen LogP contribution < -0.4 is 5.32 Å². The van der Waals surface area contributed by atoms with Crippen molar-refractivity contribution >= 4 is 0 Å². The van der Waals surface area contributed by atoms with E-state index < -0.39 is 12.6 Å². The molecule has 3 nitrogen and oxygen atoms in total. The van der Waals surface area contributed by atoms with Crippen LogP contribution in [-0.4, -0.2) is 21.8 Å². The lowest BCUT2D eigenvalue weighted by Gasteiger charge is -2.33. The van der Waals surface area contributed by atoms with Crippen molar-refractivity contribution in [2.75, 3.05) is 0 Å². The van der Waals surface area contributed by atoms with E-state index in [-0.39, 0.29) is 12.0 Å². The summed E-state index contributed by atoms with van der Waals surface area (Å²) >= 11 is 0. The van der Waals surface area contributed by atoms with Crippen molar-refractivity contribution in [3.63, 3.8) is 0 Å². The fourth-order valence-electron chi connectivity index (χ4n) is 3.19. The SMILES string of the molecule is CC(C)n1ccnc1CN[C@H]1CCCC[C@H]1CC(F)(F)F. The van der Waals surface area contributed by atoms with Gasteiger partial charge in [-0.25, -0.2) is 4.98 Å². The van der Waals surface area contributed by atoms with E-state index in [9.17, 15) is 13.2 Å². The molecule has 2 rings (SSSR count). The Morgan fingerprint density at radius 3 is 2.71 bits per heavy atom. The van der Waals surface area contributed by atoms with Crippen LogP contribution >= 0.6 is 0 Å². The maximum atomic E-state index is 12.7. The van der Waals surface area contributed by atoms with Gasteiger partial charge in [-0.2, -0.15) is 13.2 Å². The fraction of sp³-hybridized carbons (Fsp3) is 0.800. The van der Waals surface area contributed by atoms with Crippen LogP contribution in [0.25, 0.3) is 0 Å². The number of alkyl halides is 3. The summed E-state index contributed by atoms with van der Waals surface area (Å²) in [6, 6.07) is 0.249. The van der Waals surface area contributed by atoms with E-state index in [0.717, 1.165) is 25.1 Å². The average Bonchev–Trinajstić information content (AvgIpc) is 2.84. The Labute approximate surface area is 123 Å². The van der Waals surface area contributed by atoms with Crippen molar-refractivity contribution in [3.05, 3.63) is 18.2 Å². The van der Waals surface area contributed by atoms with Gasteiger partial charge in [-0.15, -0.1) is 0 Å². The summed E-state index contributed by atoms with van der Waals surface area (Å²) in [5.41, 5.74) is 0. The largest absolute Gasteiger partial charge is 0.389 e. The number of halogens is 3. The van der Waals surface area contributed by atoms with Gasteiger partial charge in [-0.1, -0.05) is 12.8 Å². The molecule has 1 saturated carbocycles. The summed E-state index contributed by atoms with van der Waals surface area (Å²) in [4.78, 5) is 4.30. The van der Waals surface area contributed by atoms with Crippen LogP contribution in [0.4, 0.5) is 13.2 Å². The standard InChI is InChI=1S/C15H24F3N3/c1-11(2)21-8-7-19-14(21)10-20-13-6-4-3-5-12(13)9-15(16,17)18/h7-8,11-13,20H,3-6,9-10H2,1-2H3/t12-,13-/m0/s1. The van der Waals surface area contributed by atoms with E-state index >= 15 is 0 Å². The first-order valence-electron chi connectivity index (χ1n) is 7.68. The van der Waals surface area contributed by atoms with Crippen molar-refractivity contribution in [3.8, 4) is 0 Å². The molecule has 0 amide bonds. The first-order chi connectivity index (χ1) is 9.87. The van der Waals surface area contributed by atoms with Gasteiger partial charge in [0.05, 0.1) is 6.54 Å². The van der Waals surface area contributed by atoms with Gasteiger partial charge in [0.15, 0.2) is 0 Å². The van der Waals surface area contributed by atoms with E-state index in [1.165, 1.54) is 0 Å². The zero-order valence-electron chi connectivity index (χ0n) is 12.7. The quantitative estimate of drug-likeness (QED) is 0.889. The molecule has 0 bridgehead atoms. The molecule has 1 aromatic heterocycles. The summed E-state index contributed by atoms with van der Waals surface area (Å²) < 4.78 is 40.0. The normalized spacial score (nSPS) is 23.7. The first-order valence-corrected chi connectivity index (χ1v) is 7.68. The third kappa shape index (κ3) is 4.73. The molecular weight excluding hydrogens is 279 g/mol. The van der Waals surface area contributed by atoms with Crippen molar-refractivity contribution in [2.45, 2.75) is 70.8 Å². The van der Waals surface area contributed by atoms with Gasteiger partial charge in [-0.3, -0.25) is 0 Å².